The summed E-state index contributed by atoms with van der Waals surface area (Å²) in [5, 5.41) is 1.91. The van der Waals surface area contributed by atoms with Crippen LogP contribution in [0, 0.1) is 0 Å². The van der Waals surface area contributed by atoms with Gasteiger partial charge in [-0.1, -0.05) is 0 Å². The first kappa shape index (κ1) is 12.3. The average molecular weight is 229 g/mol. The van der Waals surface area contributed by atoms with Crippen LogP contribution < -0.4 is 0 Å². The van der Waals surface area contributed by atoms with Crippen LogP contribution >= 0.6 is 0 Å². The maximum atomic E-state index is 10.9. The molecule has 4 heteroatoms. The standard InChI is InChI=1S/C7H11O2.C2H3.Co.O/c1-4-6(3)9-7(8)5-2;1-2;;/h5-6H,1-2,4H2,3H3;1H,2H2;;. The van der Waals surface area contributed by atoms with E-state index in [0.717, 1.165) is 6.08 Å². The van der Waals surface area contributed by atoms with E-state index >= 15 is 0 Å². The van der Waals surface area contributed by atoms with Crippen molar-refractivity contribution in [2.45, 2.75) is 24.8 Å². The van der Waals surface area contributed by atoms with Gasteiger partial charge in [0.25, 0.3) is 0 Å². The van der Waals surface area contributed by atoms with E-state index in [9.17, 15) is 8.66 Å². The minimum absolute atomic E-state index is 0.219. The summed E-state index contributed by atoms with van der Waals surface area (Å²) in [5.41, 5.74) is 0. The first-order chi connectivity index (χ1) is 6.10. The molecule has 0 rings (SSSR count). The van der Waals surface area contributed by atoms with Crippen molar-refractivity contribution < 1.29 is 27.0 Å². The summed E-state index contributed by atoms with van der Waals surface area (Å²) in [4.78, 5) is 10.7. The predicted octanol–water partition coefficient (Wildman–Crippen LogP) is 2.02. The first-order valence-corrected chi connectivity index (χ1v) is 5.56. The number of rotatable bonds is 6. The first-order valence-electron chi connectivity index (χ1n) is 3.80. The molecular formula is C9H14CoO3. The summed E-state index contributed by atoms with van der Waals surface area (Å²) >= 11 is -1.32. The average Bonchev–Trinajstić information content (AvgIpc) is 2.13. The van der Waals surface area contributed by atoms with Gasteiger partial charge in [0.2, 0.25) is 0 Å². The Morgan fingerprint density at radius 1 is 1.62 bits per heavy atom. The molecule has 0 spiro atoms. The summed E-state index contributed by atoms with van der Waals surface area (Å²) in [6.45, 7) is 8.44. The predicted molar refractivity (Wildman–Crippen MR) is 46.1 cm³/mol. The number of carbonyl (C=O) groups excluding carboxylic acids is 1. The van der Waals surface area contributed by atoms with E-state index in [-0.39, 0.29) is 6.10 Å². The van der Waals surface area contributed by atoms with Crippen LogP contribution in [-0.4, -0.2) is 12.1 Å². The molecule has 3 nitrogen and oxygen atoms in total. The van der Waals surface area contributed by atoms with Crippen LogP contribution in [0.3, 0.4) is 0 Å². The summed E-state index contributed by atoms with van der Waals surface area (Å²) in [5.74, 6) is -0.443. The third-order valence-corrected chi connectivity index (χ3v) is 2.59. The molecule has 0 aliphatic rings. The summed E-state index contributed by atoms with van der Waals surface area (Å²) < 4.78 is 15.8. The molecule has 77 valence electrons. The second kappa shape index (κ2) is 6.74. The van der Waals surface area contributed by atoms with Gasteiger partial charge in [0.15, 0.2) is 0 Å². The minimum atomic E-state index is -1.32. The molecule has 0 bridgehead atoms. The Bertz CT molecular complexity index is 223. The van der Waals surface area contributed by atoms with E-state index in [1.165, 1.54) is 5.01 Å². The van der Waals surface area contributed by atoms with Crippen LogP contribution in [0.15, 0.2) is 24.2 Å². The fraction of sp³-hybridized carbons (Fsp3) is 0.444. The van der Waals surface area contributed by atoms with E-state index < -0.39 is 19.6 Å². The number of ether oxygens (including phenoxy) is 1. The zero-order chi connectivity index (χ0) is 10.3. The van der Waals surface area contributed by atoms with Crippen LogP contribution in [0.5, 0.6) is 0 Å². The molecule has 0 fully saturated rings. The molecule has 0 aromatic heterocycles. The van der Waals surface area contributed by atoms with Crippen molar-refractivity contribution in [3.63, 3.8) is 0 Å². The van der Waals surface area contributed by atoms with Gasteiger partial charge in [-0.05, 0) is 0 Å². The summed E-state index contributed by atoms with van der Waals surface area (Å²) in [6, 6.07) is 0. The molecule has 0 N–H and O–H groups in total. The van der Waals surface area contributed by atoms with Gasteiger partial charge in [0.05, 0.1) is 0 Å². The monoisotopic (exact) mass is 229 g/mol. The fourth-order valence-corrected chi connectivity index (χ4v) is 1.54. The Hall–Kier alpha value is -0.744. The van der Waals surface area contributed by atoms with Crippen molar-refractivity contribution in [1.29, 1.82) is 0 Å². The van der Waals surface area contributed by atoms with Gasteiger partial charge in [-0.3, -0.25) is 0 Å². The molecule has 0 saturated heterocycles. The second-order valence-electron chi connectivity index (χ2n) is 2.35. The molecule has 0 aliphatic heterocycles. The molecule has 0 saturated carbocycles. The molecule has 1 unspecified atom stereocenters. The molecule has 1 atom stereocenters. The fourth-order valence-electron chi connectivity index (χ4n) is 0.604. The van der Waals surface area contributed by atoms with Crippen molar-refractivity contribution in [2.24, 2.45) is 0 Å². The summed E-state index contributed by atoms with van der Waals surface area (Å²) in [7, 11) is 0. The Morgan fingerprint density at radius 2 is 2.23 bits per heavy atom. The Kier molecular flexibility index (Phi) is 6.35. The number of hydrogen-bond acceptors (Lipinski definition) is 3. The van der Waals surface area contributed by atoms with Crippen LogP contribution in [-0.2, 0) is 27.0 Å². The number of carbonyl (C=O) groups is 1. The summed E-state index contributed by atoms with van der Waals surface area (Å²) in [6.07, 6.45) is 1.48. The van der Waals surface area contributed by atoms with Crippen molar-refractivity contribution in [1.82, 2.24) is 0 Å². The zero-order valence-corrected chi connectivity index (χ0v) is 8.66. The van der Waals surface area contributed by atoms with E-state index in [0.29, 0.717) is 11.8 Å². The number of esters is 1. The van der Waals surface area contributed by atoms with Crippen LogP contribution in [0.1, 0.15) is 13.3 Å². The van der Waals surface area contributed by atoms with E-state index in [2.05, 4.69) is 13.2 Å². The molecule has 0 heterocycles. The molecule has 13 heavy (non-hydrogen) atoms. The number of hydrogen-bond donors (Lipinski definition) is 0. The zero-order valence-electron chi connectivity index (χ0n) is 7.62. The van der Waals surface area contributed by atoms with E-state index in [1.54, 1.807) is 6.92 Å². The SMILES string of the molecule is C=CC(=O)OC(C)C[CH2][Co](=[O])[CH]=C. The van der Waals surface area contributed by atoms with Crippen molar-refractivity contribution in [2.75, 3.05) is 0 Å². The van der Waals surface area contributed by atoms with Gasteiger partial charge in [-0.15, -0.1) is 0 Å². The van der Waals surface area contributed by atoms with Crippen LogP contribution in [0.4, 0.5) is 0 Å². The normalized spacial score (nSPS) is 12.8. The molecule has 0 aromatic carbocycles. The second-order valence-corrected chi connectivity index (χ2v) is 4.27. The molecule has 0 amide bonds. The van der Waals surface area contributed by atoms with Crippen LogP contribution in [0.25, 0.3) is 0 Å². The van der Waals surface area contributed by atoms with E-state index in [4.69, 9.17) is 4.74 Å². The van der Waals surface area contributed by atoms with Crippen molar-refractivity contribution >= 4 is 5.97 Å². The third kappa shape index (κ3) is 6.42. The van der Waals surface area contributed by atoms with Crippen molar-refractivity contribution in [3.8, 4) is 0 Å². The third-order valence-electron chi connectivity index (χ3n) is 1.30. The Labute approximate surface area is 82.4 Å². The van der Waals surface area contributed by atoms with Gasteiger partial charge in [-0.25, -0.2) is 0 Å². The van der Waals surface area contributed by atoms with Gasteiger partial charge >= 0.3 is 82.0 Å². The van der Waals surface area contributed by atoms with Crippen LogP contribution in [0.2, 0.25) is 5.36 Å². The Morgan fingerprint density at radius 3 is 2.69 bits per heavy atom. The van der Waals surface area contributed by atoms with Gasteiger partial charge < -0.3 is 0 Å². The molecule has 0 aromatic rings. The quantitative estimate of drug-likeness (QED) is 0.517. The Balaban J connectivity index is 3.68. The van der Waals surface area contributed by atoms with Gasteiger partial charge in [-0.2, -0.15) is 0 Å². The molecule has 0 radical (unpaired) electrons. The van der Waals surface area contributed by atoms with Crippen molar-refractivity contribution in [3.05, 3.63) is 24.2 Å². The molecular weight excluding hydrogens is 215 g/mol. The van der Waals surface area contributed by atoms with Gasteiger partial charge in [0, 0.05) is 0 Å². The van der Waals surface area contributed by atoms with Gasteiger partial charge in [0.1, 0.15) is 0 Å². The topological polar surface area (TPSA) is 43.4 Å². The maximum absolute atomic E-state index is 10.9. The molecule has 0 aliphatic carbocycles. The van der Waals surface area contributed by atoms with E-state index in [1.807, 2.05) is 0 Å².